The standard InChI is InChI=1S/C21H18Cl3N5O2/c22-14-5-3-13(4-6-14)19(30)17-15(23)9-12(10-16(17)24)11-29-20(25)18(26-27-29)21(31)28-7-1-2-8-28/h3-6,9-10H,1-2,7-8,11,25H2. The zero-order valence-electron chi connectivity index (χ0n) is 16.3. The number of benzene rings is 2. The highest BCUT2D eigenvalue weighted by Crippen LogP contribution is 2.30. The van der Waals surface area contributed by atoms with E-state index in [0.717, 1.165) is 12.8 Å². The lowest BCUT2D eigenvalue weighted by molar-refractivity contribution is 0.0787. The minimum atomic E-state index is -0.308. The number of likely N-dealkylation sites (tertiary alicyclic amines) is 1. The lowest BCUT2D eigenvalue weighted by atomic mass is 10.0. The molecule has 4 rings (SSSR count). The van der Waals surface area contributed by atoms with Gasteiger partial charge in [-0.2, -0.15) is 0 Å². The van der Waals surface area contributed by atoms with Crippen molar-refractivity contribution in [1.29, 1.82) is 0 Å². The van der Waals surface area contributed by atoms with Gasteiger partial charge >= 0.3 is 0 Å². The lowest BCUT2D eigenvalue weighted by Crippen LogP contribution is -2.28. The number of aromatic nitrogens is 3. The number of halogens is 3. The third-order valence-electron chi connectivity index (χ3n) is 5.14. The molecule has 3 aromatic rings. The van der Waals surface area contributed by atoms with Crippen LogP contribution in [0, 0.1) is 0 Å². The molecule has 0 saturated carbocycles. The fraction of sp³-hybridized carbons (Fsp3) is 0.238. The fourth-order valence-electron chi connectivity index (χ4n) is 3.51. The van der Waals surface area contributed by atoms with E-state index in [4.69, 9.17) is 40.5 Å². The summed E-state index contributed by atoms with van der Waals surface area (Å²) < 4.78 is 1.41. The summed E-state index contributed by atoms with van der Waals surface area (Å²) in [6.07, 6.45) is 1.94. The molecule has 0 spiro atoms. The predicted octanol–water partition coefficient (Wildman–Crippen LogP) is 4.34. The van der Waals surface area contributed by atoms with Crippen molar-refractivity contribution in [3.05, 3.63) is 73.9 Å². The van der Waals surface area contributed by atoms with E-state index in [0.29, 0.717) is 29.2 Å². The van der Waals surface area contributed by atoms with Crippen molar-refractivity contribution >= 4 is 52.3 Å². The van der Waals surface area contributed by atoms with E-state index in [9.17, 15) is 9.59 Å². The number of anilines is 1. The Morgan fingerprint density at radius 3 is 2.23 bits per heavy atom. The Labute approximate surface area is 193 Å². The van der Waals surface area contributed by atoms with Crippen LogP contribution < -0.4 is 5.73 Å². The molecule has 0 aliphatic carbocycles. The molecule has 1 amide bonds. The summed E-state index contributed by atoms with van der Waals surface area (Å²) in [5.41, 5.74) is 7.54. The van der Waals surface area contributed by atoms with Gasteiger partial charge in [-0.05, 0) is 54.8 Å². The average molecular weight is 479 g/mol. The van der Waals surface area contributed by atoms with Crippen molar-refractivity contribution in [2.75, 3.05) is 18.8 Å². The van der Waals surface area contributed by atoms with E-state index in [2.05, 4.69) is 10.3 Å². The summed E-state index contributed by atoms with van der Waals surface area (Å²) in [4.78, 5) is 27.1. The van der Waals surface area contributed by atoms with Gasteiger partial charge in [0.05, 0.1) is 22.2 Å². The molecule has 1 aliphatic rings. The second-order valence-corrected chi connectivity index (χ2v) is 8.50. The topological polar surface area (TPSA) is 94.1 Å². The van der Waals surface area contributed by atoms with Gasteiger partial charge in [0.2, 0.25) is 0 Å². The van der Waals surface area contributed by atoms with Gasteiger partial charge < -0.3 is 10.6 Å². The van der Waals surface area contributed by atoms with Crippen LogP contribution in [-0.4, -0.2) is 44.7 Å². The Balaban J connectivity index is 1.57. The smallest absolute Gasteiger partial charge is 0.278 e. The van der Waals surface area contributed by atoms with Gasteiger partial charge in [-0.3, -0.25) is 9.59 Å². The van der Waals surface area contributed by atoms with Crippen molar-refractivity contribution < 1.29 is 9.59 Å². The minimum absolute atomic E-state index is 0.133. The molecule has 160 valence electrons. The molecule has 7 nitrogen and oxygen atoms in total. The molecular formula is C21H18Cl3N5O2. The number of carbonyl (C=O) groups is 2. The predicted molar refractivity (Wildman–Crippen MR) is 120 cm³/mol. The monoisotopic (exact) mass is 477 g/mol. The zero-order valence-corrected chi connectivity index (χ0v) is 18.6. The van der Waals surface area contributed by atoms with E-state index >= 15 is 0 Å². The number of nitrogen functional groups attached to an aromatic ring is 1. The van der Waals surface area contributed by atoms with Crippen molar-refractivity contribution in [1.82, 2.24) is 19.9 Å². The second kappa shape index (κ2) is 8.86. The third-order valence-corrected chi connectivity index (χ3v) is 5.99. The van der Waals surface area contributed by atoms with Crippen LogP contribution >= 0.6 is 34.8 Å². The van der Waals surface area contributed by atoms with E-state index in [1.165, 1.54) is 4.68 Å². The maximum atomic E-state index is 12.8. The van der Waals surface area contributed by atoms with Crippen LogP contribution in [0.15, 0.2) is 36.4 Å². The summed E-state index contributed by atoms with van der Waals surface area (Å²) in [6.45, 7) is 1.58. The van der Waals surface area contributed by atoms with Crippen molar-refractivity contribution in [2.24, 2.45) is 0 Å². The van der Waals surface area contributed by atoms with Gasteiger partial charge in [-0.25, -0.2) is 4.68 Å². The Kier molecular flexibility index (Phi) is 6.18. The Morgan fingerprint density at radius 2 is 1.61 bits per heavy atom. The molecule has 2 N–H and O–H groups in total. The molecule has 1 aliphatic heterocycles. The van der Waals surface area contributed by atoms with Crippen LogP contribution in [0.5, 0.6) is 0 Å². The molecule has 0 atom stereocenters. The molecule has 1 fully saturated rings. The molecule has 1 saturated heterocycles. The highest BCUT2D eigenvalue weighted by Gasteiger charge is 2.26. The van der Waals surface area contributed by atoms with E-state index in [1.54, 1.807) is 41.3 Å². The second-order valence-electron chi connectivity index (χ2n) is 7.25. The molecule has 1 aromatic heterocycles. The van der Waals surface area contributed by atoms with Gasteiger partial charge in [0.15, 0.2) is 17.3 Å². The fourth-order valence-corrected chi connectivity index (χ4v) is 4.34. The van der Waals surface area contributed by atoms with Crippen LogP contribution in [0.3, 0.4) is 0 Å². The molecule has 31 heavy (non-hydrogen) atoms. The number of nitrogens with two attached hydrogens (primary N) is 1. The van der Waals surface area contributed by atoms with Gasteiger partial charge in [-0.1, -0.05) is 40.0 Å². The molecule has 10 heteroatoms. The van der Waals surface area contributed by atoms with Crippen LogP contribution in [0.4, 0.5) is 5.82 Å². The maximum absolute atomic E-state index is 12.8. The molecule has 0 unspecified atom stereocenters. The SMILES string of the molecule is Nc1c(C(=O)N2CCCC2)nnn1Cc1cc(Cl)c(C(=O)c2ccc(Cl)cc2)c(Cl)c1. The number of rotatable bonds is 5. The molecule has 0 bridgehead atoms. The van der Waals surface area contributed by atoms with Crippen LogP contribution in [0.1, 0.15) is 44.8 Å². The maximum Gasteiger partial charge on any atom is 0.278 e. The Morgan fingerprint density at radius 1 is 1.00 bits per heavy atom. The number of carbonyl (C=O) groups excluding carboxylic acids is 2. The first-order chi connectivity index (χ1) is 14.8. The van der Waals surface area contributed by atoms with E-state index in [-0.39, 0.29) is 45.4 Å². The first kappa shape index (κ1) is 21.6. The Hall–Kier alpha value is -2.61. The number of amides is 1. The summed E-state index contributed by atoms with van der Waals surface area (Å²) in [7, 11) is 0. The van der Waals surface area contributed by atoms with Crippen molar-refractivity contribution in [2.45, 2.75) is 19.4 Å². The summed E-state index contributed by atoms with van der Waals surface area (Å²) >= 11 is 18.7. The van der Waals surface area contributed by atoms with E-state index < -0.39 is 0 Å². The van der Waals surface area contributed by atoms with Crippen LogP contribution in [0.25, 0.3) is 0 Å². The molecule has 0 radical (unpaired) electrons. The number of hydrogen-bond acceptors (Lipinski definition) is 5. The van der Waals surface area contributed by atoms with Gasteiger partial charge in [0, 0.05) is 23.7 Å². The zero-order chi connectivity index (χ0) is 22.1. The first-order valence-electron chi connectivity index (χ1n) is 9.61. The highest BCUT2D eigenvalue weighted by molar-refractivity contribution is 6.41. The number of nitrogens with zero attached hydrogens (tertiary/aromatic N) is 4. The largest absolute Gasteiger partial charge is 0.382 e. The number of ketones is 1. The normalized spacial score (nSPS) is 13.6. The van der Waals surface area contributed by atoms with E-state index in [1.807, 2.05) is 0 Å². The van der Waals surface area contributed by atoms with Gasteiger partial charge in [0.25, 0.3) is 5.91 Å². The molecule has 2 aromatic carbocycles. The summed E-state index contributed by atoms with van der Waals surface area (Å²) in [5, 5.41) is 8.90. The average Bonchev–Trinajstić information content (AvgIpc) is 3.38. The minimum Gasteiger partial charge on any atom is -0.382 e. The van der Waals surface area contributed by atoms with Crippen LogP contribution in [0.2, 0.25) is 15.1 Å². The highest BCUT2D eigenvalue weighted by atomic mass is 35.5. The molecular weight excluding hydrogens is 461 g/mol. The van der Waals surface area contributed by atoms with Gasteiger partial charge in [0.1, 0.15) is 0 Å². The quantitative estimate of drug-likeness (QED) is 0.551. The van der Waals surface area contributed by atoms with Crippen molar-refractivity contribution in [3.63, 3.8) is 0 Å². The summed E-state index contributed by atoms with van der Waals surface area (Å²) in [5.74, 6) is -0.358. The number of hydrogen-bond donors (Lipinski definition) is 1. The van der Waals surface area contributed by atoms with Crippen molar-refractivity contribution in [3.8, 4) is 0 Å². The summed E-state index contributed by atoms with van der Waals surface area (Å²) in [6, 6.07) is 9.72. The lowest BCUT2D eigenvalue weighted by Gasteiger charge is -2.13. The Bertz CT molecular complexity index is 1130. The molecule has 2 heterocycles. The van der Waals surface area contributed by atoms with Crippen LogP contribution in [-0.2, 0) is 6.54 Å². The third kappa shape index (κ3) is 4.39. The first-order valence-corrected chi connectivity index (χ1v) is 10.7. The van der Waals surface area contributed by atoms with Gasteiger partial charge in [-0.15, -0.1) is 5.10 Å².